The molecule has 0 amide bonds. The molecule has 1 N–H and O–H groups in total. The second-order valence-corrected chi connectivity index (χ2v) is 6.60. The summed E-state index contributed by atoms with van der Waals surface area (Å²) in [7, 11) is 0. The zero-order chi connectivity index (χ0) is 14.7. The molecule has 0 spiro atoms. The third-order valence-electron chi connectivity index (χ3n) is 2.58. The second kappa shape index (κ2) is 6.74. The van der Waals surface area contributed by atoms with Crippen molar-refractivity contribution in [3.63, 3.8) is 0 Å². The Morgan fingerprint density at radius 2 is 1.80 bits per heavy atom. The maximum absolute atomic E-state index is 10.9. The van der Waals surface area contributed by atoms with Gasteiger partial charge in [-0.05, 0) is 46.3 Å². The first kappa shape index (κ1) is 15.5. The van der Waals surface area contributed by atoms with E-state index in [9.17, 15) is 4.79 Å². The number of ether oxygens (including phenoxy) is 1. The molecule has 0 bridgehead atoms. The molecule has 0 saturated heterocycles. The molecule has 2 aromatic rings. The topological polar surface area (TPSA) is 46.5 Å². The van der Waals surface area contributed by atoms with Crippen LogP contribution in [-0.4, -0.2) is 11.1 Å². The van der Waals surface area contributed by atoms with Gasteiger partial charge in [0, 0.05) is 14.5 Å². The zero-order valence-electron chi connectivity index (χ0n) is 10.1. The summed E-state index contributed by atoms with van der Waals surface area (Å²) in [6.45, 7) is 0.348. The van der Waals surface area contributed by atoms with Crippen LogP contribution >= 0.6 is 47.8 Å². The highest BCUT2D eigenvalue weighted by Crippen LogP contribution is 2.29. The molecular weight excluding hydrogens is 456 g/mol. The molecule has 2 rings (SSSR count). The van der Waals surface area contributed by atoms with Gasteiger partial charge in [0.15, 0.2) is 0 Å². The van der Waals surface area contributed by atoms with Gasteiger partial charge in [0.1, 0.15) is 12.4 Å². The van der Waals surface area contributed by atoms with Crippen molar-refractivity contribution in [1.82, 2.24) is 0 Å². The Labute approximate surface area is 141 Å². The summed E-state index contributed by atoms with van der Waals surface area (Å²) in [6, 6.07) is 10.5. The van der Waals surface area contributed by atoms with E-state index in [0.717, 1.165) is 20.3 Å². The van der Waals surface area contributed by atoms with Gasteiger partial charge in [-0.1, -0.05) is 37.9 Å². The van der Waals surface area contributed by atoms with Gasteiger partial charge in [-0.2, -0.15) is 0 Å². The number of hydrogen-bond acceptors (Lipinski definition) is 2. The number of benzene rings is 2. The summed E-state index contributed by atoms with van der Waals surface area (Å²) in [5.74, 6) is -0.226. The first-order chi connectivity index (χ1) is 9.47. The van der Waals surface area contributed by atoms with E-state index in [1.54, 1.807) is 18.2 Å². The lowest BCUT2D eigenvalue weighted by molar-refractivity contribution is 0.0696. The molecule has 0 unspecified atom stereocenters. The smallest absolute Gasteiger partial charge is 0.335 e. The molecule has 0 atom stereocenters. The van der Waals surface area contributed by atoms with Gasteiger partial charge >= 0.3 is 5.97 Å². The molecule has 0 radical (unpaired) electrons. The number of carbonyl (C=O) groups is 1. The minimum atomic E-state index is -0.950. The van der Waals surface area contributed by atoms with Crippen LogP contribution in [0.4, 0.5) is 0 Å². The fourth-order valence-corrected chi connectivity index (χ4v) is 3.20. The fourth-order valence-electron chi connectivity index (χ4n) is 1.55. The Morgan fingerprint density at radius 1 is 1.05 bits per heavy atom. The minimum absolute atomic E-state index is 0.241. The maximum atomic E-state index is 10.9. The van der Waals surface area contributed by atoms with Crippen LogP contribution in [0.25, 0.3) is 0 Å². The zero-order valence-corrected chi connectivity index (χ0v) is 14.8. The fraction of sp³-hybridized carbons (Fsp3) is 0.0714. The van der Waals surface area contributed by atoms with Gasteiger partial charge in [0.25, 0.3) is 0 Å². The molecule has 0 aliphatic carbocycles. The highest BCUT2D eigenvalue weighted by molar-refractivity contribution is 9.11. The predicted molar refractivity (Wildman–Crippen MR) is 87.3 cm³/mol. The lowest BCUT2D eigenvalue weighted by Crippen LogP contribution is -2.00. The molecule has 0 heterocycles. The summed E-state index contributed by atoms with van der Waals surface area (Å²) in [4.78, 5) is 10.9. The Kier molecular flexibility index (Phi) is 5.23. The Morgan fingerprint density at radius 3 is 2.40 bits per heavy atom. The van der Waals surface area contributed by atoms with Gasteiger partial charge < -0.3 is 9.84 Å². The van der Waals surface area contributed by atoms with Crippen LogP contribution in [0.3, 0.4) is 0 Å². The number of carboxylic acid groups (broad SMARTS) is 1. The van der Waals surface area contributed by atoms with Crippen LogP contribution in [0.2, 0.25) is 0 Å². The summed E-state index contributed by atoms with van der Waals surface area (Å²) >= 11 is 10.2. The summed E-state index contributed by atoms with van der Waals surface area (Å²) in [6.07, 6.45) is 0. The monoisotopic (exact) mass is 462 g/mol. The van der Waals surface area contributed by atoms with E-state index < -0.39 is 5.97 Å². The van der Waals surface area contributed by atoms with Crippen molar-refractivity contribution in [3.05, 3.63) is 60.9 Å². The van der Waals surface area contributed by atoms with Gasteiger partial charge in [0.05, 0.1) is 10.0 Å². The van der Waals surface area contributed by atoms with Crippen LogP contribution in [0.5, 0.6) is 5.75 Å². The average molecular weight is 465 g/mol. The van der Waals surface area contributed by atoms with E-state index in [-0.39, 0.29) is 5.56 Å². The molecule has 0 saturated carbocycles. The van der Waals surface area contributed by atoms with Crippen molar-refractivity contribution in [1.29, 1.82) is 0 Å². The molecule has 6 heteroatoms. The van der Waals surface area contributed by atoms with Crippen molar-refractivity contribution >= 4 is 53.8 Å². The van der Waals surface area contributed by atoms with Gasteiger partial charge in [-0.15, -0.1) is 0 Å². The largest absolute Gasteiger partial charge is 0.488 e. The average Bonchev–Trinajstić information content (AvgIpc) is 2.38. The van der Waals surface area contributed by atoms with Crippen molar-refractivity contribution in [2.24, 2.45) is 0 Å². The molecule has 0 aliphatic rings. The van der Waals surface area contributed by atoms with Crippen LogP contribution in [-0.2, 0) is 6.61 Å². The maximum Gasteiger partial charge on any atom is 0.335 e. The van der Waals surface area contributed by atoms with Crippen LogP contribution in [0.1, 0.15) is 15.9 Å². The molecule has 2 aromatic carbocycles. The Bertz CT molecular complexity index is 656. The predicted octanol–water partition coefficient (Wildman–Crippen LogP) is 5.25. The summed E-state index contributed by atoms with van der Waals surface area (Å²) in [5, 5.41) is 8.91. The number of hydrogen-bond donors (Lipinski definition) is 1. The van der Waals surface area contributed by atoms with Crippen LogP contribution in [0, 0.1) is 0 Å². The number of halogens is 3. The van der Waals surface area contributed by atoms with E-state index in [1.165, 1.54) is 0 Å². The molecule has 3 nitrogen and oxygen atoms in total. The van der Waals surface area contributed by atoms with Crippen molar-refractivity contribution in [3.8, 4) is 5.75 Å². The van der Waals surface area contributed by atoms with Gasteiger partial charge in [-0.3, -0.25) is 0 Å². The normalized spacial score (nSPS) is 10.3. The standard InChI is InChI=1S/C14H9Br3O3/c15-10-3-4-13(12(17)6-10)20-7-9-2-1-8(14(18)19)5-11(9)16/h1-6H,7H2,(H,18,19). The molecule has 0 aliphatic heterocycles. The van der Waals surface area contributed by atoms with E-state index >= 15 is 0 Å². The van der Waals surface area contributed by atoms with Crippen molar-refractivity contribution in [2.45, 2.75) is 6.61 Å². The van der Waals surface area contributed by atoms with Gasteiger partial charge in [-0.25, -0.2) is 4.79 Å². The summed E-state index contributed by atoms with van der Waals surface area (Å²) in [5.41, 5.74) is 1.12. The van der Waals surface area contributed by atoms with E-state index in [2.05, 4.69) is 47.8 Å². The van der Waals surface area contributed by atoms with Crippen molar-refractivity contribution in [2.75, 3.05) is 0 Å². The van der Waals surface area contributed by atoms with E-state index in [1.807, 2.05) is 18.2 Å². The van der Waals surface area contributed by atoms with E-state index in [0.29, 0.717) is 11.1 Å². The lowest BCUT2D eigenvalue weighted by Gasteiger charge is -2.10. The molecule has 20 heavy (non-hydrogen) atoms. The summed E-state index contributed by atoms with van der Waals surface area (Å²) < 4.78 is 8.24. The highest BCUT2D eigenvalue weighted by atomic mass is 79.9. The second-order valence-electron chi connectivity index (χ2n) is 3.97. The minimum Gasteiger partial charge on any atom is -0.488 e. The Hall–Kier alpha value is -0.850. The third kappa shape index (κ3) is 3.84. The van der Waals surface area contributed by atoms with Crippen molar-refractivity contribution < 1.29 is 14.6 Å². The molecule has 104 valence electrons. The number of aromatic carboxylic acids is 1. The Balaban J connectivity index is 2.13. The van der Waals surface area contributed by atoms with E-state index in [4.69, 9.17) is 9.84 Å². The number of carboxylic acids is 1. The van der Waals surface area contributed by atoms with Gasteiger partial charge in [0.2, 0.25) is 0 Å². The quantitative estimate of drug-likeness (QED) is 0.672. The first-order valence-corrected chi connectivity index (χ1v) is 7.95. The lowest BCUT2D eigenvalue weighted by atomic mass is 10.1. The van der Waals surface area contributed by atoms with Crippen LogP contribution in [0.15, 0.2) is 49.8 Å². The highest BCUT2D eigenvalue weighted by Gasteiger charge is 2.08. The molecule has 0 fully saturated rings. The number of rotatable bonds is 4. The van der Waals surface area contributed by atoms with Crippen LogP contribution < -0.4 is 4.74 Å². The molecule has 0 aromatic heterocycles. The third-order valence-corrected chi connectivity index (χ3v) is 4.43. The SMILES string of the molecule is O=C(O)c1ccc(COc2ccc(Br)cc2Br)c(Br)c1. The first-order valence-electron chi connectivity index (χ1n) is 5.57. The molecular formula is C14H9Br3O3.